The molecule has 19 heavy (non-hydrogen) atoms. The van der Waals surface area contributed by atoms with Crippen LogP contribution < -0.4 is 4.90 Å². The Balaban J connectivity index is 3.20. The summed E-state index contributed by atoms with van der Waals surface area (Å²) < 4.78 is 0. The van der Waals surface area contributed by atoms with E-state index in [0.29, 0.717) is 11.9 Å². The molecule has 2 nitrogen and oxygen atoms in total. The van der Waals surface area contributed by atoms with Gasteiger partial charge in [-0.3, -0.25) is 0 Å². The van der Waals surface area contributed by atoms with Gasteiger partial charge in [0.2, 0.25) is 0 Å². The first-order chi connectivity index (χ1) is 8.83. The second-order valence-electron chi connectivity index (χ2n) is 6.18. The highest BCUT2D eigenvalue weighted by atomic mass is 35.5. The molecule has 0 unspecified atom stereocenters. The summed E-state index contributed by atoms with van der Waals surface area (Å²) in [6.07, 6.45) is 2.26. The first-order valence-electron chi connectivity index (χ1n) is 7.13. The van der Waals surface area contributed by atoms with Crippen LogP contribution in [0.4, 0.5) is 5.82 Å². The molecule has 0 bridgehead atoms. The van der Waals surface area contributed by atoms with Crippen LogP contribution in [0.25, 0.3) is 0 Å². The molecular formula is C16H27ClN2. The zero-order chi connectivity index (χ0) is 14.6. The normalized spacial score (nSPS) is 12.0. The number of pyridine rings is 1. The van der Waals surface area contributed by atoms with Crippen molar-refractivity contribution >= 4 is 17.4 Å². The summed E-state index contributed by atoms with van der Waals surface area (Å²) in [7, 11) is 2.13. The molecule has 3 heteroatoms. The van der Waals surface area contributed by atoms with E-state index in [2.05, 4.69) is 58.7 Å². The number of halogens is 1. The van der Waals surface area contributed by atoms with E-state index in [1.54, 1.807) is 0 Å². The largest absolute Gasteiger partial charge is 0.357 e. The summed E-state index contributed by atoms with van der Waals surface area (Å²) in [5.41, 5.74) is 2.30. The Kier molecular flexibility index (Phi) is 5.66. The fourth-order valence-corrected chi connectivity index (χ4v) is 2.39. The lowest BCUT2D eigenvalue weighted by Crippen LogP contribution is -2.31. The second-order valence-corrected chi connectivity index (χ2v) is 6.45. The third-order valence-electron chi connectivity index (χ3n) is 3.65. The fraction of sp³-hybridized carbons (Fsp3) is 0.688. The zero-order valence-corrected chi connectivity index (χ0v) is 13.9. The predicted molar refractivity (Wildman–Crippen MR) is 85.3 cm³/mol. The molecule has 1 heterocycles. The second kappa shape index (κ2) is 6.60. The van der Waals surface area contributed by atoms with E-state index >= 15 is 0 Å². The minimum absolute atomic E-state index is 0.0472. The molecule has 1 aromatic rings. The molecule has 0 saturated heterocycles. The van der Waals surface area contributed by atoms with Crippen molar-refractivity contribution in [2.45, 2.75) is 64.8 Å². The van der Waals surface area contributed by atoms with E-state index in [4.69, 9.17) is 16.6 Å². The van der Waals surface area contributed by atoms with Crippen molar-refractivity contribution in [3.63, 3.8) is 0 Å². The molecule has 1 rings (SSSR count). The van der Waals surface area contributed by atoms with Crippen LogP contribution >= 0.6 is 11.6 Å². The van der Waals surface area contributed by atoms with Gasteiger partial charge < -0.3 is 4.90 Å². The monoisotopic (exact) mass is 282 g/mol. The molecule has 108 valence electrons. The van der Waals surface area contributed by atoms with Gasteiger partial charge in [-0.1, -0.05) is 34.6 Å². The molecule has 0 radical (unpaired) electrons. The van der Waals surface area contributed by atoms with Crippen LogP contribution in [0.2, 0.25) is 0 Å². The maximum Gasteiger partial charge on any atom is 0.129 e. The zero-order valence-electron chi connectivity index (χ0n) is 13.1. The van der Waals surface area contributed by atoms with Gasteiger partial charge in [-0.2, -0.15) is 0 Å². The van der Waals surface area contributed by atoms with Gasteiger partial charge in [-0.05, 0) is 30.5 Å². The Hall–Kier alpha value is -0.760. The Bertz CT molecular complexity index is 406. The molecular weight excluding hydrogens is 256 g/mol. The summed E-state index contributed by atoms with van der Waals surface area (Å²) in [5.74, 6) is 1.58. The number of anilines is 1. The van der Waals surface area contributed by atoms with Crippen LogP contribution in [0.1, 0.15) is 58.7 Å². The Morgan fingerprint density at radius 3 is 2.21 bits per heavy atom. The summed E-state index contributed by atoms with van der Waals surface area (Å²) in [6.45, 7) is 11.0. The molecule has 0 spiro atoms. The van der Waals surface area contributed by atoms with Crippen LogP contribution in [-0.4, -0.2) is 18.1 Å². The van der Waals surface area contributed by atoms with E-state index in [0.717, 1.165) is 29.9 Å². The quantitative estimate of drug-likeness (QED) is 0.725. The maximum atomic E-state index is 6.03. The van der Waals surface area contributed by atoms with Crippen molar-refractivity contribution in [1.82, 2.24) is 4.98 Å². The molecule has 0 aromatic carbocycles. The minimum atomic E-state index is 0.0472. The molecule has 0 N–H and O–H groups in total. The SMILES string of the molecule is CCC(CC)N(C)c1cc(CCl)cc(C(C)(C)C)n1. The van der Waals surface area contributed by atoms with Gasteiger partial charge in [0.1, 0.15) is 5.82 Å². The standard InChI is InChI=1S/C16H27ClN2/c1-7-13(8-2)19(6)15-10-12(11-17)9-14(18-15)16(3,4)5/h9-10,13H,7-8,11H2,1-6H3. The molecule has 1 aromatic heterocycles. The Labute approximate surface area is 123 Å². The van der Waals surface area contributed by atoms with E-state index in [1.165, 1.54) is 0 Å². The van der Waals surface area contributed by atoms with Crippen LogP contribution in [-0.2, 0) is 11.3 Å². The molecule has 0 saturated carbocycles. The Morgan fingerprint density at radius 1 is 1.21 bits per heavy atom. The highest BCUT2D eigenvalue weighted by Crippen LogP contribution is 2.26. The van der Waals surface area contributed by atoms with Crippen molar-refractivity contribution in [2.75, 3.05) is 11.9 Å². The number of hydrogen-bond donors (Lipinski definition) is 0. The predicted octanol–water partition coefficient (Wildman–Crippen LogP) is 4.74. The average molecular weight is 283 g/mol. The first-order valence-corrected chi connectivity index (χ1v) is 7.67. The molecule has 0 amide bonds. The fourth-order valence-electron chi connectivity index (χ4n) is 2.24. The summed E-state index contributed by atoms with van der Waals surface area (Å²) >= 11 is 6.03. The van der Waals surface area contributed by atoms with Crippen molar-refractivity contribution in [3.05, 3.63) is 23.4 Å². The van der Waals surface area contributed by atoms with E-state index in [1.807, 2.05) is 0 Å². The molecule has 0 aliphatic heterocycles. The van der Waals surface area contributed by atoms with Crippen molar-refractivity contribution in [3.8, 4) is 0 Å². The first kappa shape index (κ1) is 16.3. The van der Waals surface area contributed by atoms with Crippen LogP contribution in [0.5, 0.6) is 0 Å². The van der Waals surface area contributed by atoms with Crippen molar-refractivity contribution < 1.29 is 0 Å². The van der Waals surface area contributed by atoms with Gasteiger partial charge in [-0.25, -0.2) is 4.98 Å². The highest BCUT2D eigenvalue weighted by molar-refractivity contribution is 6.17. The summed E-state index contributed by atoms with van der Waals surface area (Å²) in [6, 6.07) is 4.77. The number of hydrogen-bond acceptors (Lipinski definition) is 2. The lowest BCUT2D eigenvalue weighted by atomic mass is 9.91. The van der Waals surface area contributed by atoms with Gasteiger partial charge in [0.25, 0.3) is 0 Å². The van der Waals surface area contributed by atoms with Crippen LogP contribution in [0, 0.1) is 0 Å². The van der Waals surface area contributed by atoms with Crippen molar-refractivity contribution in [2.24, 2.45) is 0 Å². The number of alkyl halides is 1. The average Bonchev–Trinajstić information content (AvgIpc) is 2.38. The number of rotatable bonds is 5. The molecule has 0 aliphatic carbocycles. The highest BCUT2D eigenvalue weighted by Gasteiger charge is 2.20. The molecule has 0 fully saturated rings. The maximum absolute atomic E-state index is 6.03. The van der Waals surface area contributed by atoms with Gasteiger partial charge >= 0.3 is 0 Å². The van der Waals surface area contributed by atoms with Gasteiger partial charge in [0, 0.05) is 30.1 Å². The van der Waals surface area contributed by atoms with Gasteiger partial charge in [0.15, 0.2) is 0 Å². The smallest absolute Gasteiger partial charge is 0.129 e. The molecule has 0 atom stereocenters. The van der Waals surface area contributed by atoms with Gasteiger partial charge in [0.05, 0.1) is 0 Å². The van der Waals surface area contributed by atoms with Crippen LogP contribution in [0.15, 0.2) is 12.1 Å². The third-order valence-corrected chi connectivity index (χ3v) is 3.95. The number of aromatic nitrogens is 1. The van der Waals surface area contributed by atoms with E-state index in [-0.39, 0.29) is 5.41 Å². The van der Waals surface area contributed by atoms with Gasteiger partial charge in [-0.15, -0.1) is 11.6 Å². The lowest BCUT2D eigenvalue weighted by Gasteiger charge is -2.29. The lowest BCUT2D eigenvalue weighted by molar-refractivity contribution is 0.557. The minimum Gasteiger partial charge on any atom is -0.357 e. The van der Waals surface area contributed by atoms with E-state index < -0.39 is 0 Å². The summed E-state index contributed by atoms with van der Waals surface area (Å²) in [5, 5.41) is 0. The van der Waals surface area contributed by atoms with Crippen molar-refractivity contribution in [1.29, 1.82) is 0 Å². The molecule has 0 aliphatic rings. The Morgan fingerprint density at radius 2 is 1.79 bits per heavy atom. The van der Waals surface area contributed by atoms with Crippen LogP contribution in [0.3, 0.4) is 0 Å². The van der Waals surface area contributed by atoms with E-state index in [9.17, 15) is 0 Å². The summed E-state index contributed by atoms with van der Waals surface area (Å²) in [4.78, 5) is 7.12. The topological polar surface area (TPSA) is 16.1 Å². The number of nitrogens with zero attached hydrogens (tertiary/aromatic N) is 2. The third kappa shape index (κ3) is 4.10.